The van der Waals surface area contributed by atoms with E-state index in [1.165, 1.54) is 5.56 Å². The highest BCUT2D eigenvalue weighted by atomic mass is 16.5. The molecule has 2 rings (SSSR count). The van der Waals surface area contributed by atoms with Gasteiger partial charge in [-0.25, -0.2) is 0 Å². The van der Waals surface area contributed by atoms with Crippen molar-refractivity contribution >= 4 is 0 Å². The van der Waals surface area contributed by atoms with E-state index in [4.69, 9.17) is 9.47 Å². The summed E-state index contributed by atoms with van der Waals surface area (Å²) in [5, 5.41) is 2.12. The summed E-state index contributed by atoms with van der Waals surface area (Å²) in [6.45, 7) is 3.51. The topological polar surface area (TPSA) is 35.1 Å². The Morgan fingerprint density at radius 1 is 1.05 bits per heavy atom. The van der Waals surface area contributed by atoms with Gasteiger partial charge in [0.1, 0.15) is 13.2 Å². The molecule has 0 aliphatic heterocycles. The lowest BCUT2D eigenvalue weighted by Crippen LogP contribution is -2.77. The van der Waals surface area contributed by atoms with Crippen molar-refractivity contribution in [1.82, 2.24) is 0 Å². The van der Waals surface area contributed by atoms with Gasteiger partial charge in [-0.15, -0.1) is 0 Å². The van der Waals surface area contributed by atoms with Crippen molar-refractivity contribution < 1.29 is 14.8 Å². The number of hydrogen-bond acceptors (Lipinski definition) is 2. The number of ether oxygens (including phenoxy) is 2. The molecule has 0 bridgehead atoms. The van der Waals surface area contributed by atoms with Gasteiger partial charge in [0.2, 0.25) is 0 Å². The highest BCUT2D eigenvalue weighted by molar-refractivity contribution is 5.46. The fourth-order valence-electron chi connectivity index (χ4n) is 2.11. The van der Waals surface area contributed by atoms with Crippen molar-refractivity contribution in [2.24, 2.45) is 0 Å². The average Bonchev–Trinajstić information content (AvgIpc) is 2.47. The van der Waals surface area contributed by atoms with Crippen molar-refractivity contribution in [3.63, 3.8) is 0 Å². The number of aryl methyl sites for hydroxylation is 1. The van der Waals surface area contributed by atoms with Crippen LogP contribution in [0.2, 0.25) is 0 Å². The van der Waals surface area contributed by atoms with Crippen LogP contribution < -0.4 is 14.8 Å². The van der Waals surface area contributed by atoms with Crippen LogP contribution in [0.15, 0.2) is 42.5 Å². The molecule has 106 valence electrons. The molecule has 0 unspecified atom stereocenters. The first-order chi connectivity index (χ1) is 9.74. The lowest BCUT2D eigenvalue weighted by Gasteiger charge is -2.14. The van der Waals surface area contributed by atoms with E-state index in [0.717, 1.165) is 29.2 Å². The van der Waals surface area contributed by atoms with Gasteiger partial charge >= 0.3 is 0 Å². The monoisotopic (exact) mass is 272 g/mol. The fourth-order valence-corrected chi connectivity index (χ4v) is 2.11. The SMILES string of the molecule is C[NH2+]Cc1cccc(OC)c1OCc1ccc(C)cc1. The quantitative estimate of drug-likeness (QED) is 0.875. The van der Waals surface area contributed by atoms with Gasteiger partial charge in [0.15, 0.2) is 11.5 Å². The third kappa shape index (κ3) is 3.52. The Morgan fingerprint density at radius 2 is 1.80 bits per heavy atom. The van der Waals surface area contributed by atoms with E-state index >= 15 is 0 Å². The minimum absolute atomic E-state index is 0.553. The van der Waals surface area contributed by atoms with E-state index in [-0.39, 0.29) is 0 Å². The summed E-state index contributed by atoms with van der Waals surface area (Å²) in [6.07, 6.45) is 0. The lowest BCUT2D eigenvalue weighted by molar-refractivity contribution is -0.643. The molecule has 0 heterocycles. The van der Waals surface area contributed by atoms with E-state index in [1.54, 1.807) is 7.11 Å². The van der Waals surface area contributed by atoms with E-state index in [0.29, 0.717) is 6.61 Å². The summed E-state index contributed by atoms with van der Waals surface area (Å²) in [4.78, 5) is 0. The molecule has 0 radical (unpaired) electrons. The summed E-state index contributed by atoms with van der Waals surface area (Å²) in [5.41, 5.74) is 3.57. The van der Waals surface area contributed by atoms with Crippen molar-refractivity contribution in [3.8, 4) is 11.5 Å². The summed E-state index contributed by atoms with van der Waals surface area (Å²) < 4.78 is 11.4. The Morgan fingerprint density at radius 3 is 2.45 bits per heavy atom. The number of hydrogen-bond donors (Lipinski definition) is 1. The molecule has 0 atom stereocenters. The summed E-state index contributed by atoms with van der Waals surface area (Å²) in [6, 6.07) is 14.4. The first kappa shape index (κ1) is 14.4. The highest BCUT2D eigenvalue weighted by Gasteiger charge is 2.11. The van der Waals surface area contributed by atoms with Crippen LogP contribution in [0.3, 0.4) is 0 Å². The van der Waals surface area contributed by atoms with Gasteiger partial charge in [-0.2, -0.15) is 0 Å². The number of nitrogens with two attached hydrogens (primary N) is 1. The number of benzene rings is 2. The minimum Gasteiger partial charge on any atom is -0.493 e. The van der Waals surface area contributed by atoms with Crippen LogP contribution >= 0.6 is 0 Å². The molecule has 0 fully saturated rings. The van der Waals surface area contributed by atoms with Crippen LogP contribution in [0.4, 0.5) is 0 Å². The molecule has 0 aliphatic rings. The second-order valence-corrected chi connectivity index (χ2v) is 4.84. The number of rotatable bonds is 6. The Balaban J connectivity index is 2.16. The molecule has 20 heavy (non-hydrogen) atoms. The maximum absolute atomic E-state index is 5.99. The van der Waals surface area contributed by atoms with Gasteiger partial charge in [-0.3, -0.25) is 0 Å². The Labute approximate surface area is 120 Å². The molecule has 0 amide bonds. The van der Waals surface area contributed by atoms with E-state index in [1.807, 2.05) is 19.2 Å². The van der Waals surface area contributed by atoms with Crippen LogP contribution in [0.1, 0.15) is 16.7 Å². The molecule has 3 nitrogen and oxygen atoms in total. The van der Waals surface area contributed by atoms with Crippen molar-refractivity contribution in [3.05, 3.63) is 59.2 Å². The van der Waals surface area contributed by atoms with Crippen LogP contribution in [0.25, 0.3) is 0 Å². The summed E-state index contributed by atoms with van der Waals surface area (Å²) in [7, 11) is 3.72. The van der Waals surface area contributed by atoms with Crippen LogP contribution in [0, 0.1) is 6.92 Å². The van der Waals surface area contributed by atoms with Crippen LogP contribution in [-0.4, -0.2) is 14.2 Å². The zero-order valence-corrected chi connectivity index (χ0v) is 12.3. The standard InChI is InChI=1S/C17H21NO2/c1-13-7-9-14(10-8-13)12-20-17-15(11-18-2)5-4-6-16(17)19-3/h4-10,18H,11-12H2,1-3H3/p+1. The molecule has 0 spiro atoms. The first-order valence-corrected chi connectivity index (χ1v) is 6.86. The zero-order valence-electron chi connectivity index (χ0n) is 12.3. The summed E-state index contributed by atoms with van der Waals surface area (Å²) >= 11 is 0. The Hall–Kier alpha value is -2.00. The van der Waals surface area contributed by atoms with E-state index in [2.05, 4.69) is 42.6 Å². The molecular formula is C17H22NO2+. The normalized spacial score (nSPS) is 10.3. The highest BCUT2D eigenvalue weighted by Crippen LogP contribution is 2.31. The van der Waals surface area contributed by atoms with Gasteiger partial charge in [0, 0.05) is 0 Å². The number of methoxy groups -OCH3 is 1. The molecular weight excluding hydrogens is 250 g/mol. The Bertz CT molecular complexity index is 549. The van der Waals surface area contributed by atoms with Gasteiger partial charge in [-0.1, -0.05) is 35.9 Å². The van der Waals surface area contributed by atoms with Crippen molar-refractivity contribution in [2.45, 2.75) is 20.1 Å². The molecule has 3 heteroatoms. The maximum Gasteiger partial charge on any atom is 0.170 e. The second-order valence-electron chi connectivity index (χ2n) is 4.84. The van der Waals surface area contributed by atoms with E-state index < -0.39 is 0 Å². The Kier molecular flexibility index (Phi) is 5.02. The molecule has 2 aromatic rings. The summed E-state index contributed by atoms with van der Waals surface area (Å²) in [5.74, 6) is 1.63. The predicted molar refractivity (Wildman–Crippen MR) is 80.1 cm³/mol. The van der Waals surface area contributed by atoms with Gasteiger partial charge < -0.3 is 14.8 Å². The molecule has 0 aliphatic carbocycles. The van der Waals surface area contributed by atoms with Crippen LogP contribution in [0.5, 0.6) is 11.5 Å². The predicted octanol–water partition coefficient (Wildman–Crippen LogP) is 2.28. The van der Waals surface area contributed by atoms with Gasteiger partial charge in [0.05, 0.1) is 19.7 Å². The van der Waals surface area contributed by atoms with Crippen molar-refractivity contribution in [1.29, 1.82) is 0 Å². The molecule has 2 N–H and O–H groups in total. The zero-order chi connectivity index (χ0) is 14.4. The molecule has 2 aromatic carbocycles. The van der Waals surface area contributed by atoms with Crippen LogP contribution in [-0.2, 0) is 13.2 Å². The number of quaternary nitrogens is 1. The van der Waals surface area contributed by atoms with Gasteiger partial charge in [-0.05, 0) is 24.6 Å². The number of para-hydroxylation sites is 1. The van der Waals surface area contributed by atoms with E-state index in [9.17, 15) is 0 Å². The lowest BCUT2D eigenvalue weighted by atomic mass is 10.1. The first-order valence-electron chi connectivity index (χ1n) is 6.86. The fraction of sp³-hybridized carbons (Fsp3) is 0.294. The maximum atomic E-state index is 5.99. The van der Waals surface area contributed by atoms with Crippen molar-refractivity contribution in [2.75, 3.05) is 14.2 Å². The molecule has 0 saturated carbocycles. The van der Waals surface area contributed by atoms with Gasteiger partial charge in [0.25, 0.3) is 0 Å². The second kappa shape index (κ2) is 6.96. The molecule has 0 aromatic heterocycles. The third-order valence-electron chi connectivity index (χ3n) is 3.21. The minimum atomic E-state index is 0.553. The smallest absolute Gasteiger partial charge is 0.170 e. The molecule has 0 saturated heterocycles. The average molecular weight is 272 g/mol. The third-order valence-corrected chi connectivity index (χ3v) is 3.21. The largest absolute Gasteiger partial charge is 0.493 e.